The number of amides is 1. The van der Waals surface area contributed by atoms with Gasteiger partial charge in [-0.05, 0) is 48.9 Å². The van der Waals surface area contributed by atoms with Crippen LogP contribution in [0.1, 0.15) is 50.6 Å². The summed E-state index contributed by atoms with van der Waals surface area (Å²) in [5.74, 6) is 1.31. The van der Waals surface area contributed by atoms with Crippen LogP contribution in [-0.2, 0) is 15.6 Å². The monoisotopic (exact) mass is 449 g/mol. The number of carbonyl (C=O) groups is 1. The van der Waals surface area contributed by atoms with Gasteiger partial charge >= 0.3 is 0 Å². The molecule has 32 heavy (non-hydrogen) atoms. The van der Waals surface area contributed by atoms with E-state index in [4.69, 9.17) is 31.0 Å². The van der Waals surface area contributed by atoms with Gasteiger partial charge in [0, 0.05) is 28.3 Å². The minimum Gasteiger partial charge on any atom is -0.454 e. The molecule has 3 aliphatic rings. The highest BCUT2D eigenvalue weighted by molar-refractivity contribution is 6.30. The van der Waals surface area contributed by atoms with Crippen molar-refractivity contribution in [1.82, 2.24) is 9.97 Å². The van der Waals surface area contributed by atoms with Gasteiger partial charge in [-0.3, -0.25) is 4.79 Å². The minimum atomic E-state index is -0.777. The minimum absolute atomic E-state index is 0.0372. The van der Waals surface area contributed by atoms with Crippen molar-refractivity contribution in [1.29, 1.82) is 0 Å². The molecule has 2 bridgehead atoms. The fourth-order valence-corrected chi connectivity index (χ4v) is 6.22. The van der Waals surface area contributed by atoms with Crippen LogP contribution >= 0.6 is 11.6 Å². The highest BCUT2D eigenvalue weighted by Crippen LogP contribution is 2.70. The van der Waals surface area contributed by atoms with Crippen molar-refractivity contribution in [2.75, 3.05) is 12.1 Å². The number of fused-ring (bicyclic) bond motifs is 7. The van der Waals surface area contributed by atoms with Gasteiger partial charge in [-0.2, -0.15) is 0 Å². The van der Waals surface area contributed by atoms with Crippen LogP contribution in [0.15, 0.2) is 30.3 Å². The van der Waals surface area contributed by atoms with Crippen LogP contribution in [0.5, 0.6) is 11.5 Å². The number of aryl methyl sites for hydroxylation is 1. The molecule has 6 rings (SSSR count). The lowest BCUT2D eigenvalue weighted by Crippen LogP contribution is -2.48. The second-order valence-corrected chi connectivity index (χ2v) is 10.3. The van der Waals surface area contributed by atoms with Crippen LogP contribution in [-0.4, -0.2) is 22.7 Å². The molecule has 3 aromatic rings. The lowest BCUT2D eigenvalue weighted by atomic mass is 9.63. The Balaban J connectivity index is 1.53. The molecule has 7 heteroatoms. The molecule has 2 aliphatic carbocycles. The van der Waals surface area contributed by atoms with Crippen LogP contribution < -0.4 is 14.8 Å². The number of nitrogens with one attached hydrogen (secondary N) is 1. The summed E-state index contributed by atoms with van der Waals surface area (Å²) >= 11 is 6.12. The summed E-state index contributed by atoms with van der Waals surface area (Å²) in [5.41, 5.74) is 3.48. The summed E-state index contributed by atoms with van der Waals surface area (Å²) in [4.78, 5) is 24.1. The summed E-state index contributed by atoms with van der Waals surface area (Å²) in [6, 6.07) is 9.26. The second-order valence-electron chi connectivity index (χ2n) is 9.89. The molecule has 2 heterocycles. The van der Waals surface area contributed by atoms with E-state index >= 15 is 0 Å². The van der Waals surface area contributed by atoms with Gasteiger partial charge in [-0.1, -0.05) is 32.4 Å². The smallest absolute Gasteiger partial charge is 0.237 e. The van der Waals surface area contributed by atoms with Gasteiger partial charge in [0.05, 0.1) is 27.8 Å². The number of anilines is 1. The number of hydrogen-bond donors (Lipinski definition) is 1. The van der Waals surface area contributed by atoms with Gasteiger partial charge < -0.3 is 14.8 Å². The van der Waals surface area contributed by atoms with Crippen molar-refractivity contribution in [3.8, 4) is 11.5 Å². The average Bonchev–Trinajstić information content (AvgIpc) is 3.32. The fourth-order valence-electron chi connectivity index (χ4n) is 5.99. The van der Waals surface area contributed by atoms with Gasteiger partial charge in [0.2, 0.25) is 12.7 Å². The maximum Gasteiger partial charge on any atom is 0.237 e. The summed E-state index contributed by atoms with van der Waals surface area (Å²) in [7, 11) is 0. The molecule has 0 spiro atoms. The van der Waals surface area contributed by atoms with Crippen molar-refractivity contribution < 1.29 is 14.3 Å². The Morgan fingerprint density at radius 1 is 1.00 bits per heavy atom. The van der Waals surface area contributed by atoms with Gasteiger partial charge in [0.25, 0.3) is 0 Å². The van der Waals surface area contributed by atoms with E-state index in [0.29, 0.717) is 16.5 Å². The third-order valence-corrected chi connectivity index (χ3v) is 8.59. The first kappa shape index (κ1) is 19.8. The van der Waals surface area contributed by atoms with Gasteiger partial charge in [0.1, 0.15) is 0 Å². The fraction of sp³-hybridized carbons (Fsp3) is 0.400. The first-order valence-electron chi connectivity index (χ1n) is 10.9. The Morgan fingerprint density at radius 3 is 2.31 bits per heavy atom. The van der Waals surface area contributed by atoms with Crippen LogP contribution in [0.2, 0.25) is 5.02 Å². The maximum atomic E-state index is 14.0. The van der Waals surface area contributed by atoms with Crippen molar-refractivity contribution in [2.45, 2.75) is 51.4 Å². The number of rotatable bonds is 2. The third kappa shape index (κ3) is 2.23. The molecule has 1 amide bonds. The SMILES string of the molecule is Cc1cc(Cl)ccc1NC(=O)C12CCC(C)(c3nc4cc5c(cc4nc31)OCO5)C2(C)C. The number of benzene rings is 2. The predicted octanol–water partition coefficient (Wildman–Crippen LogP) is 5.29. The zero-order valence-electron chi connectivity index (χ0n) is 18.5. The molecule has 1 fully saturated rings. The van der Waals surface area contributed by atoms with Crippen molar-refractivity contribution in [3.63, 3.8) is 0 Å². The molecule has 0 radical (unpaired) electrons. The second kappa shape index (κ2) is 6.13. The largest absolute Gasteiger partial charge is 0.454 e. The first-order chi connectivity index (χ1) is 15.2. The number of hydrogen-bond acceptors (Lipinski definition) is 5. The summed E-state index contributed by atoms with van der Waals surface area (Å²) < 4.78 is 11.1. The number of aromatic nitrogens is 2. The Morgan fingerprint density at radius 2 is 1.66 bits per heavy atom. The molecule has 1 N–H and O–H groups in total. The van der Waals surface area contributed by atoms with E-state index < -0.39 is 5.41 Å². The molecular weight excluding hydrogens is 426 g/mol. The van der Waals surface area contributed by atoms with Gasteiger partial charge in [0.15, 0.2) is 11.5 Å². The molecule has 2 aromatic carbocycles. The maximum absolute atomic E-state index is 14.0. The summed E-state index contributed by atoms with van der Waals surface area (Å²) in [6.07, 6.45) is 1.61. The Hall–Kier alpha value is -2.86. The predicted molar refractivity (Wildman–Crippen MR) is 123 cm³/mol. The van der Waals surface area contributed by atoms with Crippen molar-refractivity contribution >= 4 is 34.2 Å². The molecule has 1 aliphatic heterocycles. The van der Waals surface area contributed by atoms with Crippen molar-refractivity contribution in [3.05, 3.63) is 52.3 Å². The number of nitrogens with zero attached hydrogens (tertiary/aromatic N) is 2. The lowest BCUT2D eigenvalue weighted by molar-refractivity contribution is -0.125. The number of ether oxygens (including phenoxy) is 2. The molecule has 1 aromatic heterocycles. The zero-order valence-corrected chi connectivity index (χ0v) is 19.3. The molecule has 164 valence electrons. The van der Waals surface area contributed by atoms with Crippen molar-refractivity contribution in [2.24, 2.45) is 5.41 Å². The normalized spacial score (nSPS) is 26.4. The molecule has 0 saturated heterocycles. The van der Waals surface area contributed by atoms with Crippen LogP contribution in [0.25, 0.3) is 11.0 Å². The van der Waals surface area contributed by atoms with E-state index in [1.165, 1.54) is 0 Å². The molecule has 2 unspecified atom stereocenters. The quantitative estimate of drug-likeness (QED) is 0.575. The summed E-state index contributed by atoms with van der Waals surface area (Å²) in [6.45, 7) is 8.71. The highest BCUT2D eigenvalue weighted by atomic mass is 35.5. The van der Waals surface area contributed by atoms with E-state index in [2.05, 4.69) is 26.1 Å². The zero-order chi connectivity index (χ0) is 22.5. The topological polar surface area (TPSA) is 73.3 Å². The third-order valence-electron chi connectivity index (χ3n) is 8.36. The van der Waals surface area contributed by atoms with Gasteiger partial charge in [-0.15, -0.1) is 0 Å². The number of carbonyl (C=O) groups excluding carboxylic acids is 1. The molecule has 2 atom stereocenters. The van der Waals surface area contributed by atoms with E-state index in [-0.39, 0.29) is 23.5 Å². The van der Waals surface area contributed by atoms with Gasteiger partial charge in [-0.25, -0.2) is 9.97 Å². The van der Waals surface area contributed by atoms with Crippen LogP contribution in [0, 0.1) is 12.3 Å². The highest BCUT2D eigenvalue weighted by Gasteiger charge is 2.73. The average molecular weight is 450 g/mol. The lowest BCUT2D eigenvalue weighted by Gasteiger charge is -2.39. The van der Waals surface area contributed by atoms with E-state index in [1.807, 2.05) is 31.2 Å². The summed E-state index contributed by atoms with van der Waals surface area (Å²) in [5, 5.41) is 3.84. The first-order valence-corrected chi connectivity index (χ1v) is 11.3. The Kier molecular flexibility index (Phi) is 3.79. The number of halogens is 1. The van der Waals surface area contributed by atoms with E-state index in [9.17, 15) is 4.79 Å². The van der Waals surface area contributed by atoms with E-state index in [1.54, 1.807) is 6.07 Å². The standard InChI is InChI=1S/C25H24ClN3O3/c1-13-9-14(26)5-6-15(13)29-22(30)25-8-7-24(4,23(25,2)3)20-21(25)28-17-11-19-18(31-12-32-19)10-16(17)27-20/h5-6,9-11H,7-8,12H2,1-4H3,(H,29,30). The molecular formula is C25H24ClN3O3. The van der Waals surface area contributed by atoms with Crippen LogP contribution in [0.3, 0.4) is 0 Å². The van der Waals surface area contributed by atoms with E-state index in [0.717, 1.165) is 46.5 Å². The Labute approximate surface area is 191 Å². The molecule has 1 saturated carbocycles. The van der Waals surface area contributed by atoms with Crippen LogP contribution in [0.4, 0.5) is 5.69 Å². The molecule has 6 nitrogen and oxygen atoms in total. The Bertz CT molecular complexity index is 1340.